The Kier molecular flexibility index (Phi) is 9.17. The molecule has 0 spiro atoms. The van der Waals surface area contributed by atoms with E-state index >= 15 is 0 Å². The molecule has 2 aromatic carbocycles. The Hall–Kier alpha value is -3.82. The standard InChI is InChI=1S/C30H34F3NO6/c1-29(28(35)36,39-24-12-14-25(15-13-24)40-30(31,32)33)19-20-8-10-23(11-9-20)38-17-16-22-18-26(34-27(22)37-2)21-6-4-3-5-7-21/h8-15,18,21,34H,3-7,16-17,19H2,1-2H3,(H,35,36). The van der Waals surface area contributed by atoms with Crippen LogP contribution in [0.1, 0.15) is 61.8 Å². The Bertz CT molecular complexity index is 1250. The molecule has 0 bridgehead atoms. The lowest BCUT2D eigenvalue weighted by Gasteiger charge is -2.26. The molecule has 2 N–H and O–H groups in total. The number of aromatic nitrogens is 1. The monoisotopic (exact) mass is 561 g/mol. The molecular weight excluding hydrogens is 527 g/mol. The maximum atomic E-state index is 12.4. The quantitative estimate of drug-likeness (QED) is 0.246. The van der Waals surface area contributed by atoms with Gasteiger partial charge in [0.1, 0.15) is 17.2 Å². The molecule has 1 aliphatic rings. The first-order valence-corrected chi connectivity index (χ1v) is 13.3. The Labute approximate surface area is 231 Å². The van der Waals surface area contributed by atoms with Gasteiger partial charge < -0.3 is 29.0 Å². The van der Waals surface area contributed by atoms with Gasteiger partial charge in [0, 0.05) is 24.1 Å². The van der Waals surface area contributed by atoms with E-state index in [0.29, 0.717) is 30.3 Å². The zero-order valence-electron chi connectivity index (χ0n) is 22.6. The summed E-state index contributed by atoms with van der Waals surface area (Å²) in [4.78, 5) is 15.5. The maximum Gasteiger partial charge on any atom is 0.573 e. The number of carboxylic acids is 1. The lowest BCUT2D eigenvalue weighted by Crippen LogP contribution is -2.43. The average Bonchev–Trinajstić information content (AvgIpc) is 3.34. The number of aromatic amines is 1. The fourth-order valence-electron chi connectivity index (χ4n) is 5.00. The number of H-pyrrole nitrogens is 1. The fourth-order valence-corrected chi connectivity index (χ4v) is 5.00. The van der Waals surface area contributed by atoms with Crippen LogP contribution in [0.5, 0.6) is 23.1 Å². The van der Waals surface area contributed by atoms with Gasteiger partial charge in [-0.15, -0.1) is 13.2 Å². The zero-order chi connectivity index (χ0) is 28.8. The molecule has 1 aliphatic carbocycles. The minimum atomic E-state index is -4.82. The zero-order valence-corrected chi connectivity index (χ0v) is 22.6. The van der Waals surface area contributed by atoms with Crippen LogP contribution in [0.15, 0.2) is 54.6 Å². The van der Waals surface area contributed by atoms with E-state index in [-0.39, 0.29) is 12.2 Å². The molecule has 0 amide bonds. The fraction of sp³-hybridized carbons (Fsp3) is 0.433. The topological polar surface area (TPSA) is 90.0 Å². The highest BCUT2D eigenvalue weighted by molar-refractivity contribution is 5.78. The van der Waals surface area contributed by atoms with Crippen LogP contribution in [0, 0.1) is 0 Å². The molecular formula is C30H34F3NO6. The molecule has 40 heavy (non-hydrogen) atoms. The largest absolute Gasteiger partial charge is 0.573 e. The van der Waals surface area contributed by atoms with Crippen LogP contribution >= 0.6 is 0 Å². The predicted molar refractivity (Wildman–Crippen MR) is 142 cm³/mol. The summed E-state index contributed by atoms with van der Waals surface area (Å²) in [5, 5.41) is 9.83. The number of alkyl halides is 3. The van der Waals surface area contributed by atoms with Crippen LogP contribution in [0.2, 0.25) is 0 Å². The van der Waals surface area contributed by atoms with Crippen LogP contribution in [0.4, 0.5) is 13.2 Å². The van der Waals surface area contributed by atoms with Crippen molar-refractivity contribution in [2.45, 2.75) is 69.8 Å². The van der Waals surface area contributed by atoms with Crippen molar-refractivity contribution in [3.05, 3.63) is 71.4 Å². The molecule has 0 aliphatic heterocycles. The van der Waals surface area contributed by atoms with Gasteiger partial charge in [0.2, 0.25) is 5.60 Å². The number of halogens is 3. The first-order chi connectivity index (χ1) is 19.0. The summed E-state index contributed by atoms with van der Waals surface area (Å²) in [6.07, 6.45) is 2.08. The number of carbonyl (C=O) groups is 1. The van der Waals surface area contributed by atoms with Crippen molar-refractivity contribution in [3.8, 4) is 23.1 Å². The van der Waals surface area contributed by atoms with Gasteiger partial charge in [-0.2, -0.15) is 0 Å². The van der Waals surface area contributed by atoms with Crippen LogP contribution in [0.3, 0.4) is 0 Å². The second kappa shape index (κ2) is 12.6. The number of hydrogen-bond donors (Lipinski definition) is 2. The molecule has 0 saturated heterocycles. The molecule has 1 unspecified atom stereocenters. The van der Waals surface area contributed by atoms with E-state index in [2.05, 4.69) is 15.8 Å². The minimum absolute atomic E-state index is 0.0217. The summed E-state index contributed by atoms with van der Waals surface area (Å²) >= 11 is 0. The summed E-state index contributed by atoms with van der Waals surface area (Å²) in [7, 11) is 1.66. The van der Waals surface area contributed by atoms with E-state index in [1.165, 1.54) is 56.9 Å². The van der Waals surface area contributed by atoms with E-state index in [0.717, 1.165) is 23.6 Å². The number of ether oxygens (including phenoxy) is 4. The maximum absolute atomic E-state index is 12.4. The van der Waals surface area contributed by atoms with Gasteiger partial charge in [-0.3, -0.25) is 0 Å². The van der Waals surface area contributed by atoms with Crippen molar-refractivity contribution in [3.63, 3.8) is 0 Å². The van der Waals surface area contributed by atoms with Crippen molar-refractivity contribution in [1.82, 2.24) is 4.98 Å². The third-order valence-electron chi connectivity index (χ3n) is 7.09. The van der Waals surface area contributed by atoms with Gasteiger partial charge in [-0.25, -0.2) is 4.79 Å². The van der Waals surface area contributed by atoms with E-state index in [9.17, 15) is 23.1 Å². The number of nitrogens with one attached hydrogen (secondary N) is 1. The highest BCUT2D eigenvalue weighted by Crippen LogP contribution is 2.35. The Balaban J connectivity index is 1.32. The lowest BCUT2D eigenvalue weighted by molar-refractivity contribution is -0.274. The first-order valence-electron chi connectivity index (χ1n) is 13.3. The van der Waals surface area contributed by atoms with E-state index < -0.39 is 23.7 Å². The Morgan fingerprint density at radius 3 is 2.12 bits per heavy atom. The average molecular weight is 562 g/mol. The Morgan fingerprint density at radius 1 is 0.950 bits per heavy atom. The number of rotatable bonds is 12. The van der Waals surface area contributed by atoms with Gasteiger partial charge in [0.25, 0.3) is 0 Å². The third-order valence-corrected chi connectivity index (χ3v) is 7.09. The van der Waals surface area contributed by atoms with Gasteiger partial charge >= 0.3 is 12.3 Å². The van der Waals surface area contributed by atoms with Crippen LogP contribution in [-0.4, -0.2) is 41.7 Å². The molecule has 1 fully saturated rings. The van der Waals surface area contributed by atoms with Crippen molar-refractivity contribution in [1.29, 1.82) is 0 Å². The summed E-state index contributed by atoms with van der Waals surface area (Å²) in [6.45, 7) is 1.85. The SMILES string of the molecule is COc1[nH]c(C2CCCCC2)cc1CCOc1ccc(CC(C)(Oc2ccc(OC(F)(F)F)cc2)C(=O)O)cc1. The van der Waals surface area contributed by atoms with Crippen molar-refractivity contribution in [2.75, 3.05) is 13.7 Å². The van der Waals surface area contributed by atoms with E-state index in [4.69, 9.17) is 14.2 Å². The van der Waals surface area contributed by atoms with Crippen molar-refractivity contribution >= 4 is 5.97 Å². The van der Waals surface area contributed by atoms with Crippen LogP contribution < -0.4 is 18.9 Å². The molecule has 216 valence electrons. The molecule has 1 aromatic heterocycles. The third kappa shape index (κ3) is 7.86. The predicted octanol–water partition coefficient (Wildman–Crippen LogP) is 7.06. The highest BCUT2D eigenvalue weighted by atomic mass is 19.4. The molecule has 1 atom stereocenters. The minimum Gasteiger partial charge on any atom is -0.493 e. The summed E-state index contributed by atoms with van der Waals surface area (Å²) in [5.41, 5.74) is 1.34. The molecule has 7 nitrogen and oxygen atoms in total. The van der Waals surface area contributed by atoms with Gasteiger partial charge in [0.15, 0.2) is 5.88 Å². The molecule has 1 heterocycles. The van der Waals surface area contributed by atoms with Crippen LogP contribution in [0.25, 0.3) is 0 Å². The highest BCUT2D eigenvalue weighted by Gasteiger charge is 2.36. The number of hydrogen-bond acceptors (Lipinski definition) is 5. The first kappa shape index (κ1) is 29.2. The summed E-state index contributed by atoms with van der Waals surface area (Å²) in [5.74, 6) is 0.432. The molecule has 0 radical (unpaired) electrons. The van der Waals surface area contributed by atoms with Crippen molar-refractivity contribution in [2.24, 2.45) is 0 Å². The van der Waals surface area contributed by atoms with Gasteiger partial charge in [-0.05, 0) is 73.7 Å². The Morgan fingerprint density at radius 2 is 1.55 bits per heavy atom. The van der Waals surface area contributed by atoms with Crippen molar-refractivity contribution < 1.29 is 42.0 Å². The molecule has 3 aromatic rings. The number of benzene rings is 2. The second-order valence-electron chi connectivity index (χ2n) is 10.2. The normalized spacial score (nSPS) is 15.7. The number of carboxylic acid groups (broad SMARTS) is 1. The summed E-state index contributed by atoms with van der Waals surface area (Å²) < 4.78 is 58.2. The van der Waals surface area contributed by atoms with E-state index in [1.54, 1.807) is 31.4 Å². The smallest absolute Gasteiger partial charge is 0.493 e. The van der Waals surface area contributed by atoms with Crippen LogP contribution in [-0.2, 0) is 17.6 Å². The van der Waals surface area contributed by atoms with E-state index in [1.807, 2.05) is 0 Å². The molecule has 1 saturated carbocycles. The molecule has 10 heteroatoms. The lowest BCUT2D eigenvalue weighted by atomic mass is 9.87. The molecule has 4 rings (SSSR count). The number of aliphatic carboxylic acids is 1. The van der Waals surface area contributed by atoms with Gasteiger partial charge in [0.05, 0.1) is 13.7 Å². The summed E-state index contributed by atoms with van der Waals surface area (Å²) in [6, 6.07) is 13.8. The number of methoxy groups -OCH3 is 1. The second-order valence-corrected chi connectivity index (χ2v) is 10.2. The van der Waals surface area contributed by atoms with Gasteiger partial charge in [-0.1, -0.05) is 31.4 Å².